The maximum atomic E-state index is 14.0. The fraction of sp³-hybridized carbons (Fsp3) is 0.176. The van der Waals surface area contributed by atoms with Crippen molar-refractivity contribution >= 4 is 11.9 Å². The maximum Gasteiger partial charge on any atom is 0.414 e. The van der Waals surface area contributed by atoms with Crippen LogP contribution in [0.5, 0.6) is 0 Å². The molecule has 0 aliphatic carbocycles. The number of benzene rings is 2. The summed E-state index contributed by atoms with van der Waals surface area (Å²) >= 11 is 0. The minimum atomic E-state index is -1.82. The lowest BCUT2D eigenvalue weighted by molar-refractivity contribution is -0.159. The van der Waals surface area contributed by atoms with Crippen LogP contribution in [0.15, 0.2) is 36.4 Å². The second-order valence-corrected chi connectivity index (χ2v) is 5.60. The predicted molar refractivity (Wildman–Crippen MR) is 79.5 cm³/mol. The van der Waals surface area contributed by atoms with Gasteiger partial charge in [0.25, 0.3) is 0 Å². The van der Waals surface area contributed by atoms with Gasteiger partial charge < -0.3 is 10.2 Å². The predicted octanol–water partition coefficient (Wildman–Crippen LogP) is 2.56. The molecule has 0 spiro atoms. The first-order chi connectivity index (χ1) is 11.3. The normalized spacial score (nSPS) is 20.0. The standard InChI is InChI=1S/C15H11F2N.C2H2O4/c1-18-14-9-4-2-3-5-10(9)15(18)13-11(14)6-8(16)7-12(13)17;3-1(4)2(5)6/h2-7,14-15H,1H3;(H,3,4)(H,5,6). The molecule has 0 fully saturated rings. The molecule has 5 nitrogen and oxygen atoms in total. The van der Waals surface area contributed by atoms with E-state index in [1.54, 1.807) is 0 Å². The molecule has 2 heterocycles. The molecule has 0 saturated carbocycles. The number of carbonyl (C=O) groups is 2. The van der Waals surface area contributed by atoms with Crippen LogP contribution in [0.25, 0.3) is 0 Å². The van der Waals surface area contributed by atoms with Crippen LogP contribution in [0.3, 0.4) is 0 Å². The number of hydrogen-bond acceptors (Lipinski definition) is 3. The van der Waals surface area contributed by atoms with Crippen molar-refractivity contribution in [3.8, 4) is 0 Å². The molecule has 2 unspecified atom stereocenters. The van der Waals surface area contributed by atoms with Gasteiger partial charge in [0.1, 0.15) is 11.6 Å². The highest BCUT2D eigenvalue weighted by atomic mass is 19.1. The van der Waals surface area contributed by atoms with Gasteiger partial charge in [0.15, 0.2) is 0 Å². The molecule has 2 aromatic rings. The van der Waals surface area contributed by atoms with Crippen molar-refractivity contribution < 1.29 is 28.6 Å². The van der Waals surface area contributed by atoms with Gasteiger partial charge in [0.05, 0.1) is 12.1 Å². The zero-order chi connectivity index (χ0) is 17.6. The lowest BCUT2D eigenvalue weighted by atomic mass is 9.86. The van der Waals surface area contributed by atoms with Crippen LogP contribution >= 0.6 is 0 Å². The molecule has 124 valence electrons. The van der Waals surface area contributed by atoms with E-state index in [0.29, 0.717) is 5.56 Å². The molecule has 2 aromatic carbocycles. The summed E-state index contributed by atoms with van der Waals surface area (Å²) in [6.07, 6.45) is 0. The van der Waals surface area contributed by atoms with Gasteiger partial charge in [0.2, 0.25) is 0 Å². The molecule has 2 aliphatic rings. The lowest BCUT2D eigenvalue weighted by Gasteiger charge is -2.17. The van der Waals surface area contributed by atoms with Crippen molar-refractivity contribution in [2.75, 3.05) is 7.05 Å². The Morgan fingerprint density at radius 2 is 1.50 bits per heavy atom. The number of aliphatic carboxylic acids is 2. The van der Waals surface area contributed by atoms with Crippen molar-refractivity contribution in [1.29, 1.82) is 0 Å². The summed E-state index contributed by atoms with van der Waals surface area (Å²) in [5.41, 5.74) is 3.73. The zero-order valence-electron chi connectivity index (χ0n) is 12.5. The van der Waals surface area contributed by atoms with Gasteiger partial charge in [-0.15, -0.1) is 0 Å². The van der Waals surface area contributed by atoms with E-state index in [-0.39, 0.29) is 12.1 Å². The topological polar surface area (TPSA) is 77.8 Å². The van der Waals surface area contributed by atoms with Crippen molar-refractivity contribution in [2.45, 2.75) is 12.1 Å². The Morgan fingerprint density at radius 3 is 2.04 bits per heavy atom. The Labute approximate surface area is 135 Å². The van der Waals surface area contributed by atoms with Crippen LogP contribution < -0.4 is 0 Å². The molecular weight excluding hydrogens is 320 g/mol. The van der Waals surface area contributed by atoms with Gasteiger partial charge >= 0.3 is 11.9 Å². The highest BCUT2D eigenvalue weighted by molar-refractivity contribution is 6.27. The Hall–Kier alpha value is -2.80. The molecule has 0 amide bonds. The third-order valence-corrected chi connectivity index (χ3v) is 4.28. The van der Waals surface area contributed by atoms with Crippen LogP contribution in [0.1, 0.15) is 34.3 Å². The molecule has 2 bridgehead atoms. The molecule has 4 rings (SSSR count). The summed E-state index contributed by atoms with van der Waals surface area (Å²) in [5, 5.41) is 14.8. The average molecular weight is 333 g/mol. The lowest BCUT2D eigenvalue weighted by Crippen LogP contribution is -2.14. The summed E-state index contributed by atoms with van der Waals surface area (Å²) in [6, 6.07) is 10.4. The van der Waals surface area contributed by atoms with Crippen LogP contribution in [0, 0.1) is 11.6 Å². The Balaban J connectivity index is 0.000000246. The molecule has 0 saturated heterocycles. The van der Waals surface area contributed by atoms with Crippen molar-refractivity contribution in [3.63, 3.8) is 0 Å². The molecule has 7 heteroatoms. The van der Waals surface area contributed by atoms with Crippen LogP contribution in [0.2, 0.25) is 0 Å². The van der Waals surface area contributed by atoms with Crippen LogP contribution in [0.4, 0.5) is 8.78 Å². The van der Waals surface area contributed by atoms with Gasteiger partial charge in [0, 0.05) is 11.6 Å². The molecule has 2 atom stereocenters. The van der Waals surface area contributed by atoms with E-state index in [4.69, 9.17) is 19.8 Å². The molecular formula is C17H13F2NO4. The largest absolute Gasteiger partial charge is 0.473 e. The Bertz CT molecular complexity index is 840. The summed E-state index contributed by atoms with van der Waals surface area (Å²) < 4.78 is 27.4. The van der Waals surface area contributed by atoms with E-state index in [0.717, 1.165) is 17.2 Å². The number of fused-ring (bicyclic) bond motifs is 8. The van der Waals surface area contributed by atoms with E-state index in [9.17, 15) is 8.78 Å². The number of carboxylic acids is 2. The summed E-state index contributed by atoms with van der Waals surface area (Å²) in [5.74, 6) is -4.58. The van der Waals surface area contributed by atoms with Crippen LogP contribution in [-0.2, 0) is 9.59 Å². The first-order valence-corrected chi connectivity index (χ1v) is 7.08. The van der Waals surface area contributed by atoms with Gasteiger partial charge in [-0.1, -0.05) is 24.3 Å². The number of nitrogens with zero attached hydrogens (tertiary/aromatic N) is 1. The van der Waals surface area contributed by atoms with E-state index in [1.165, 1.54) is 11.6 Å². The fourth-order valence-corrected chi connectivity index (χ4v) is 3.46. The van der Waals surface area contributed by atoms with Gasteiger partial charge in [-0.3, -0.25) is 4.90 Å². The van der Waals surface area contributed by atoms with Crippen LogP contribution in [-0.4, -0.2) is 34.1 Å². The molecule has 0 radical (unpaired) electrons. The number of halogens is 2. The highest BCUT2D eigenvalue weighted by Gasteiger charge is 2.47. The highest BCUT2D eigenvalue weighted by Crippen LogP contribution is 2.55. The SMILES string of the molecule is CN1C2c3ccccc3C1c1c(F)cc(F)cc12.O=C(O)C(=O)O. The molecule has 2 aliphatic heterocycles. The first-order valence-electron chi connectivity index (χ1n) is 7.08. The van der Waals surface area contributed by atoms with Gasteiger partial charge in [-0.2, -0.15) is 0 Å². The minimum absolute atomic E-state index is 0.00796. The number of rotatable bonds is 0. The second kappa shape index (κ2) is 5.68. The number of hydrogen-bond donors (Lipinski definition) is 2. The van der Waals surface area contributed by atoms with E-state index < -0.39 is 23.6 Å². The van der Waals surface area contributed by atoms with Gasteiger partial charge in [-0.05, 0) is 29.8 Å². The third-order valence-electron chi connectivity index (χ3n) is 4.28. The van der Waals surface area contributed by atoms with Crippen molar-refractivity contribution in [1.82, 2.24) is 4.90 Å². The summed E-state index contributed by atoms with van der Waals surface area (Å²) in [6.45, 7) is 0. The Morgan fingerprint density at radius 1 is 0.958 bits per heavy atom. The maximum absolute atomic E-state index is 14.0. The smallest absolute Gasteiger partial charge is 0.414 e. The van der Waals surface area contributed by atoms with Crippen molar-refractivity contribution in [3.05, 3.63) is 70.3 Å². The average Bonchev–Trinajstić information content (AvgIpc) is 2.96. The van der Waals surface area contributed by atoms with Crippen molar-refractivity contribution in [2.24, 2.45) is 0 Å². The second-order valence-electron chi connectivity index (χ2n) is 5.60. The minimum Gasteiger partial charge on any atom is -0.473 e. The zero-order valence-corrected chi connectivity index (χ0v) is 12.5. The monoisotopic (exact) mass is 333 g/mol. The molecule has 24 heavy (non-hydrogen) atoms. The van der Waals surface area contributed by atoms with Gasteiger partial charge in [-0.25, -0.2) is 18.4 Å². The Kier molecular flexibility index (Phi) is 3.81. The first kappa shape index (κ1) is 16.1. The summed E-state index contributed by atoms with van der Waals surface area (Å²) in [7, 11) is 1.96. The van der Waals surface area contributed by atoms with E-state index >= 15 is 0 Å². The third kappa shape index (κ3) is 2.33. The van der Waals surface area contributed by atoms with E-state index in [1.807, 2.05) is 31.3 Å². The molecule has 0 aromatic heterocycles. The fourth-order valence-electron chi connectivity index (χ4n) is 3.46. The summed E-state index contributed by atoms with van der Waals surface area (Å²) in [4.78, 5) is 20.3. The quantitative estimate of drug-likeness (QED) is 0.725. The molecule has 2 N–H and O–H groups in total. The number of carboxylic acid groups (broad SMARTS) is 2. The van der Waals surface area contributed by atoms with E-state index in [2.05, 4.69) is 4.90 Å².